The van der Waals surface area contributed by atoms with Gasteiger partial charge in [0.15, 0.2) is 0 Å². The summed E-state index contributed by atoms with van der Waals surface area (Å²) < 4.78 is 1.86. The molecule has 0 bridgehead atoms. The standard InChI is InChI=1S/C17H17N3S/c1-13-3-6-15(18)11-17(13)21-12-14-4-7-16(8-5-14)20-10-2-9-19-20/h2-11H,12,18H2,1H3. The van der Waals surface area contributed by atoms with E-state index >= 15 is 0 Å². The van der Waals surface area contributed by atoms with Crippen LogP contribution in [0.1, 0.15) is 11.1 Å². The van der Waals surface area contributed by atoms with Crippen molar-refractivity contribution in [3.63, 3.8) is 0 Å². The third-order valence-corrected chi connectivity index (χ3v) is 4.54. The van der Waals surface area contributed by atoms with Gasteiger partial charge in [-0.15, -0.1) is 11.8 Å². The molecule has 0 fully saturated rings. The van der Waals surface area contributed by atoms with Gasteiger partial charge in [0.05, 0.1) is 5.69 Å². The Kier molecular flexibility index (Phi) is 3.97. The number of aryl methyl sites for hydroxylation is 1. The minimum absolute atomic E-state index is 0.817. The Morgan fingerprint density at radius 3 is 2.67 bits per heavy atom. The molecule has 3 rings (SSSR count). The fourth-order valence-corrected chi connectivity index (χ4v) is 3.13. The van der Waals surface area contributed by atoms with E-state index in [1.165, 1.54) is 16.0 Å². The Morgan fingerprint density at radius 2 is 1.95 bits per heavy atom. The summed E-state index contributed by atoms with van der Waals surface area (Å²) in [6.07, 6.45) is 3.73. The SMILES string of the molecule is Cc1ccc(N)cc1SCc1ccc(-n2cccn2)cc1. The highest BCUT2D eigenvalue weighted by Crippen LogP contribution is 2.28. The molecule has 21 heavy (non-hydrogen) atoms. The summed E-state index contributed by atoms with van der Waals surface area (Å²) in [6, 6.07) is 16.4. The molecule has 0 radical (unpaired) electrons. The summed E-state index contributed by atoms with van der Waals surface area (Å²) in [6.45, 7) is 2.11. The van der Waals surface area contributed by atoms with Gasteiger partial charge in [-0.2, -0.15) is 5.10 Å². The molecule has 2 N–H and O–H groups in total. The molecule has 0 aliphatic rings. The first-order valence-electron chi connectivity index (χ1n) is 6.80. The first kappa shape index (κ1) is 13.8. The first-order chi connectivity index (χ1) is 10.2. The first-order valence-corrected chi connectivity index (χ1v) is 7.79. The third-order valence-electron chi connectivity index (χ3n) is 3.31. The Balaban J connectivity index is 1.70. The molecule has 106 valence electrons. The van der Waals surface area contributed by atoms with Gasteiger partial charge in [-0.25, -0.2) is 4.68 Å². The zero-order valence-electron chi connectivity index (χ0n) is 11.9. The molecule has 0 unspecified atom stereocenters. The van der Waals surface area contributed by atoms with E-state index in [2.05, 4.69) is 42.4 Å². The fourth-order valence-electron chi connectivity index (χ4n) is 2.10. The number of nitrogen functional groups attached to an aromatic ring is 1. The summed E-state index contributed by atoms with van der Waals surface area (Å²) in [5, 5.41) is 4.23. The van der Waals surface area contributed by atoms with Crippen molar-refractivity contribution in [2.45, 2.75) is 17.6 Å². The average Bonchev–Trinajstić information content (AvgIpc) is 3.03. The van der Waals surface area contributed by atoms with Crippen molar-refractivity contribution in [1.82, 2.24) is 9.78 Å². The second-order valence-electron chi connectivity index (χ2n) is 4.93. The van der Waals surface area contributed by atoms with Crippen LogP contribution < -0.4 is 5.73 Å². The second kappa shape index (κ2) is 6.06. The molecule has 0 saturated carbocycles. The molecule has 3 nitrogen and oxygen atoms in total. The zero-order chi connectivity index (χ0) is 14.7. The lowest BCUT2D eigenvalue weighted by Gasteiger charge is -2.07. The number of benzene rings is 2. The van der Waals surface area contributed by atoms with Gasteiger partial charge in [0.25, 0.3) is 0 Å². The van der Waals surface area contributed by atoms with Crippen molar-refractivity contribution in [3.8, 4) is 5.69 Å². The van der Waals surface area contributed by atoms with Gasteiger partial charge in [-0.3, -0.25) is 0 Å². The molecular formula is C17H17N3S. The average molecular weight is 295 g/mol. The van der Waals surface area contributed by atoms with Gasteiger partial charge in [-0.1, -0.05) is 18.2 Å². The van der Waals surface area contributed by atoms with Crippen LogP contribution in [0.15, 0.2) is 65.8 Å². The quantitative estimate of drug-likeness (QED) is 0.583. The van der Waals surface area contributed by atoms with Crippen LogP contribution in [0, 0.1) is 6.92 Å². The highest BCUT2D eigenvalue weighted by atomic mass is 32.2. The van der Waals surface area contributed by atoms with Crippen molar-refractivity contribution in [1.29, 1.82) is 0 Å². The minimum Gasteiger partial charge on any atom is -0.399 e. The maximum atomic E-state index is 5.85. The molecular weight excluding hydrogens is 278 g/mol. The van der Waals surface area contributed by atoms with Crippen molar-refractivity contribution < 1.29 is 0 Å². The second-order valence-corrected chi connectivity index (χ2v) is 5.95. The maximum Gasteiger partial charge on any atom is 0.0645 e. The van der Waals surface area contributed by atoms with Crippen molar-refractivity contribution in [2.75, 3.05) is 5.73 Å². The van der Waals surface area contributed by atoms with Gasteiger partial charge >= 0.3 is 0 Å². The molecule has 3 aromatic rings. The molecule has 0 aliphatic carbocycles. The maximum absolute atomic E-state index is 5.85. The van der Waals surface area contributed by atoms with E-state index in [-0.39, 0.29) is 0 Å². The van der Waals surface area contributed by atoms with Crippen LogP contribution >= 0.6 is 11.8 Å². The summed E-state index contributed by atoms with van der Waals surface area (Å²) in [4.78, 5) is 1.24. The van der Waals surface area contributed by atoms with E-state index < -0.39 is 0 Å². The number of nitrogens with zero attached hydrogens (tertiary/aromatic N) is 2. The molecule has 0 aliphatic heterocycles. The molecule has 0 atom stereocenters. The monoisotopic (exact) mass is 295 g/mol. The summed E-state index contributed by atoms with van der Waals surface area (Å²) >= 11 is 1.82. The number of rotatable bonds is 4. The topological polar surface area (TPSA) is 43.8 Å². The van der Waals surface area contributed by atoms with Gasteiger partial charge in [0, 0.05) is 28.7 Å². The smallest absolute Gasteiger partial charge is 0.0645 e. The molecule has 1 aromatic heterocycles. The minimum atomic E-state index is 0.817. The highest BCUT2D eigenvalue weighted by molar-refractivity contribution is 7.98. The van der Waals surface area contributed by atoms with Crippen LogP contribution in [0.4, 0.5) is 5.69 Å². The molecule has 2 aromatic carbocycles. The lowest BCUT2D eigenvalue weighted by molar-refractivity contribution is 0.880. The largest absolute Gasteiger partial charge is 0.399 e. The summed E-state index contributed by atoms with van der Waals surface area (Å²) in [5.41, 5.74) is 10.3. The normalized spacial score (nSPS) is 10.7. The Morgan fingerprint density at radius 1 is 1.14 bits per heavy atom. The predicted molar refractivity (Wildman–Crippen MR) is 88.7 cm³/mol. The zero-order valence-corrected chi connectivity index (χ0v) is 12.7. The molecule has 1 heterocycles. The van der Waals surface area contributed by atoms with Gasteiger partial charge in [0.1, 0.15) is 0 Å². The van der Waals surface area contributed by atoms with E-state index in [4.69, 9.17) is 5.73 Å². The van der Waals surface area contributed by atoms with E-state index in [1.807, 2.05) is 40.8 Å². The molecule has 0 saturated heterocycles. The third kappa shape index (κ3) is 3.28. The molecule has 0 amide bonds. The van der Waals surface area contributed by atoms with Crippen LogP contribution in [0.5, 0.6) is 0 Å². The van der Waals surface area contributed by atoms with E-state index in [0.29, 0.717) is 0 Å². The number of hydrogen-bond donors (Lipinski definition) is 1. The summed E-state index contributed by atoms with van der Waals surface area (Å²) in [7, 11) is 0. The lowest BCUT2D eigenvalue weighted by atomic mass is 10.2. The number of nitrogens with two attached hydrogens (primary N) is 1. The van der Waals surface area contributed by atoms with Gasteiger partial charge < -0.3 is 5.73 Å². The van der Waals surface area contributed by atoms with Crippen LogP contribution in [0.25, 0.3) is 5.69 Å². The Hall–Kier alpha value is -2.20. The van der Waals surface area contributed by atoms with E-state index in [9.17, 15) is 0 Å². The Bertz CT molecular complexity index is 718. The Labute approximate surface area is 128 Å². The van der Waals surface area contributed by atoms with Crippen molar-refractivity contribution >= 4 is 17.4 Å². The highest BCUT2D eigenvalue weighted by Gasteiger charge is 2.02. The number of anilines is 1. The van der Waals surface area contributed by atoms with Crippen LogP contribution in [-0.4, -0.2) is 9.78 Å². The summed E-state index contributed by atoms with van der Waals surface area (Å²) in [5.74, 6) is 0.934. The van der Waals surface area contributed by atoms with E-state index in [1.54, 1.807) is 6.20 Å². The fraction of sp³-hybridized carbons (Fsp3) is 0.118. The van der Waals surface area contributed by atoms with Crippen LogP contribution in [0.2, 0.25) is 0 Å². The molecule has 0 spiro atoms. The van der Waals surface area contributed by atoms with Crippen LogP contribution in [0.3, 0.4) is 0 Å². The van der Waals surface area contributed by atoms with Crippen molar-refractivity contribution in [2.24, 2.45) is 0 Å². The van der Waals surface area contributed by atoms with Crippen molar-refractivity contribution in [3.05, 3.63) is 72.1 Å². The molecule has 4 heteroatoms. The van der Waals surface area contributed by atoms with Gasteiger partial charge in [-0.05, 0) is 48.4 Å². The number of thioether (sulfide) groups is 1. The predicted octanol–water partition coefficient (Wildman–Crippen LogP) is 4.06. The van der Waals surface area contributed by atoms with E-state index in [0.717, 1.165) is 17.1 Å². The van der Waals surface area contributed by atoms with Gasteiger partial charge in [0.2, 0.25) is 0 Å². The lowest BCUT2D eigenvalue weighted by Crippen LogP contribution is -1.94. The van der Waals surface area contributed by atoms with Crippen LogP contribution in [-0.2, 0) is 5.75 Å². The number of aromatic nitrogens is 2. The number of hydrogen-bond acceptors (Lipinski definition) is 3.